The lowest BCUT2D eigenvalue weighted by atomic mass is 9.71. The van der Waals surface area contributed by atoms with E-state index in [2.05, 4.69) is 58.7 Å². The van der Waals surface area contributed by atoms with Crippen LogP contribution in [0.1, 0.15) is 56.1 Å². The predicted molar refractivity (Wildman–Crippen MR) is 151 cm³/mol. The minimum atomic E-state index is 0.311. The van der Waals surface area contributed by atoms with Gasteiger partial charge < -0.3 is 20.4 Å². The Hall–Kier alpha value is -2.22. The molecule has 0 radical (unpaired) electrons. The summed E-state index contributed by atoms with van der Waals surface area (Å²) in [5, 5.41) is 9.00. The molecule has 2 fully saturated rings. The molecule has 2 saturated heterocycles. The Morgan fingerprint density at radius 2 is 1.77 bits per heavy atom. The van der Waals surface area contributed by atoms with Crippen molar-refractivity contribution in [3.05, 3.63) is 29.1 Å². The maximum atomic E-state index is 11.8. The Kier molecular flexibility index (Phi) is 8.30. The molecule has 2 aliphatic heterocycles. The number of aromatic nitrogens is 1. The van der Waals surface area contributed by atoms with Crippen molar-refractivity contribution in [3.8, 4) is 0 Å². The lowest BCUT2D eigenvalue weighted by molar-refractivity contribution is 0.0943. The van der Waals surface area contributed by atoms with Crippen molar-refractivity contribution in [2.24, 2.45) is 5.41 Å². The number of hydrogen-bond acceptors (Lipinski definition) is 7. The number of benzene rings is 1. The number of piperidine rings is 2. The van der Waals surface area contributed by atoms with Gasteiger partial charge in [-0.3, -0.25) is 4.79 Å². The fourth-order valence-corrected chi connectivity index (χ4v) is 6.42. The van der Waals surface area contributed by atoms with Gasteiger partial charge in [-0.25, -0.2) is 4.98 Å². The van der Waals surface area contributed by atoms with Gasteiger partial charge in [0.15, 0.2) is 6.29 Å². The average molecular weight is 496 g/mol. The number of likely N-dealkylation sites (N-methyl/N-ethyl adjacent to an activating group) is 1. The second kappa shape index (κ2) is 11.2. The van der Waals surface area contributed by atoms with Gasteiger partial charge in [-0.05, 0) is 89.5 Å². The number of fused-ring (bicyclic) bond motifs is 3. The number of nitrogens with one attached hydrogen (secondary N) is 2. The minimum Gasteiger partial charge on any atom is -0.382 e. The third-order valence-corrected chi connectivity index (χ3v) is 9.00. The molecule has 0 saturated carbocycles. The van der Waals surface area contributed by atoms with Crippen LogP contribution < -0.4 is 15.5 Å². The van der Waals surface area contributed by atoms with Crippen molar-refractivity contribution in [2.75, 3.05) is 57.0 Å². The van der Waals surface area contributed by atoms with E-state index in [-0.39, 0.29) is 0 Å². The third-order valence-electron chi connectivity index (χ3n) is 7.92. The first-order valence-electron chi connectivity index (χ1n) is 13.2. The molecule has 190 valence electrons. The molecule has 4 heterocycles. The number of hydrogen-bond donors (Lipinski definition) is 2. The molecule has 3 aromatic rings. The Morgan fingerprint density at radius 1 is 1.09 bits per heavy atom. The highest BCUT2D eigenvalue weighted by atomic mass is 32.1. The number of nitrogens with zero attached hydrogens (tertiary/aromatic N) is 3. The summed E-state index contributed by atoms with van der Waals surface area (Å²) in [5.74, 6) is 1.08. The van der Waals surface area contributed by atoms with Crippen molar-refractivity contribution in [3.63, 3.8) is 0 Å². The van der Waals surface area contributed by atoms with Gasteiger partial charge in [0.2, 0.25) is 0 Å². The smallest absolute Gasteiger partial charge is 0.162 e. The zero-order valence-electron chi connectivity index (χ0n) is 22.0. The van der Waals surface area contributed by atoms with E-state index < -0.39 is 0 Å². The van der Waals surface area contributed by atoms with E-state index in [0.29, 0.717) is 11.5 Å². The summed E-state index contributed by atoms with van der Waals surface area (Å²) in [6.07, 6.45) is 6.17. The maximum Gasteiger partial charge on any atom is 0.162 e. The zero-order valence-corrected chi connectivity index (χ0v) is 22.8. The molecule has 0 unspecified atom stereocenters. The van der Waals surface area contributed by atoms with Crippen LogP contribution >= 0.6 is 11.3 Å². The number of likely N-dealkylation sites (tertiary alicyclic amines) is 1. The lowest BCUT2D eigenvalue weighted by Gasteiger charge is -2.46. The molecule has 7 heteroatoms. The lowest BCUT2D eigenvalue weighted by Crippen LogP contribution is -2.46. The highest BCUT2D eigenvalue weighted by Gasteiger charge is 2.37. The van der Waals surface area contributed by atoms with Crippen LogP contribution in [0.3, 0.4) is 0 Å². The van der Waals surface area contributed by atoms with Gasteiger partial charge in [0, 0.05) is 41.1 Å². The van der Waals surface area contributed by atoms with Crippen LogP contribution in [0.4, 0.5) is 11.5 Å². The van der Waals surface area contributed by atoms with Crippen LogP contribution in [0.25, 0.3) is 21.0 Å². The predicted octanol–water partition coefficient (Wildman–Crippen LogP) is 5.62. The number of carbonyl (C=O) groups excluding carboxylic acids is 1. The molecule has 5 rings (SSSR count). The van der Waals surface area contributed by atoms with Gasteiger partial charge in [0.25, 0.3) is 0 Å². The van der Waals surface area contributed by atoms with Gasteiger partial charge in [0.1, 0.15) is 5.82 Å². The van der Waals surface area contributed by atoms with E-state index >= 15 is 0 Å². The molecule has 0 amide bonds. The van der Waals surface area contributed by atoms with Crippen LogP contribution in [0, 0.1) is 5.41 Å². The zero-order chi connectivity index (χ0) is 25.0. The largest absolute Gasteiger partial charge is 0.382 e. The second-order valence-corrected chi connectivity index (χ2v) is 11.1. The summed E-state index contributed by atoms with van der Waals surface area (Å²) < 4.78 is 1.13. The van der Waals surface area contributed by atoms with E-state index in [1.165, 1.54) is 38.8 Å². The molecule has 2 N–H and O–H groups in total. The Morgan fingerprint density at radius 3 is 2.43 bits per heavy atom. The number of thiophene rings is 1. The molecule has 1 aromatic carbocycles. The first-order valence-corrected chi connectivity index (χ1v) is 14.0. The fraction of sp³-hybridized carbons (Fsp3) is 0.571. The molecule has 2 aromatic heterocycles. The van der Waals surface area contributed by atoms with E-state index in [0.717, 1.165) is 63.3 Å². The van der Waals surface area contributed by atoms with E-state index in [9.17, 15) is 4.79 Å². The molecule has 2 aliphatic rings. The van der Waals surface area contributed by atoms with Crippen molar-refractivity contribution in [1.82, 2.24) is 15.2 Å². The summed E-state index contributed by atoms with van der Waals surface area (Å²) in [6.45, 7) is 11.5. The summed E-state index contributed by atoms with van der Waals surface area (Å²) in [4.78, 5) is 22.5. The molecular weight excluding hydrogens is 454 g/mol. The van der Waals surface area contributed by atoms with Crippen LogP contribution in [-0.2, 0) is 0 Å². The Labute approximate surface area is 214 Å². The maximum absolute atomic E-state index is 11.8. The number of anilines is 2. The topological polar surface area (TPSA) is 60.5 Å². The van der Waals surface area contributed by atoms with E-state index in [1.54, 1.807) is 11.3 Å². The molecule has 1 spiro atoms. The van der Waals surface area contributed by atoms with Gasteiger partial charge in [-0.1, -0.05) is 13.8 Å². The van der Waals surface area contributed by atoms with Crippen LogP contribution in [0.5, 0.6) is 0 Å². The summed E-state index contributed by atoms with van der Waals surface area (Å²) in [6, 6.07) is 8.91. The van der Waals surface area contributed by atoms with Gasteiger partial charge >= 0.3 is 0 Å². The number of aldehydes is 1. The highest BCUT2D eigenvalue weighted by molar-refractivity contribution is 7.21. The SMILES string of the molecule is CC.CN[C@H](C)CNc1c(C=O)sc2ccc3nc(N4CCC5(CCN(C)CC5)CC4)ccc3c12. The Balaban J connectivity index is 0.00000141. The quantitative estimate of drug-likeness (QED) is 0.433. The third kappa shape index (κ3) is 5.32. The van der Waals surface area contributed by atoms with Gasteiger partial charge in [0.05, 0.1) is 16.1 Å². The van der Waals surface area contributed by atoms with Crippen LogP contribution in [0.15, 0.2) is 24.3 Å². The Bertz CT molecular complexity index is 1140. The summed E-state index contributed by atoms with van der Waals surface area (Å²) in [5.41, 5.74) is 2.48. The monoisotopic (exact) mass is 495 g/mol. The van der Waals surface area contributed by atoms with Crippen molar-refractivity contribution in [2.45, 2.75) is 52.5 Å². The standard InChI is InChI=1S/C26H35N5OS.C2H6/c1-18(27-2)16-28-25-22(17-32)33-21-6-5-20-19(24(21)25)4-7-23(29-20)31-14-10-26(11-15-31)8-12-30(3)13-9-26;1-2/h4-7,17-18,27-28H,8-16H2,1-3H3;1-2H3/t18-;/m1./s1. The second-order valence-electron chi connectivity index (χ2n) is 9.99. The van der Waals surface area contributed by atoms with Crippen molar-refractivity contribution < 1.29 is 4.79 Å². The van der Waals surface area contributed by atoms with Crippen LogP contribution in [0.2, 0.25) is 0 Å². The average Bonchev–Trinajstić information content (AvgIpc) is 3.28. The molecule has 0 bridgehead atoms. The molecule has 6 nitrogen and oxygen atoms in total. The number of pyridine rings is 1. The van der Waals surface area contributed by atoms with E-state index in [4.69, 9.17) is 4.98 Å². The van der Waals surface area contributed by atoms with Gasteiger partial charge in [-0.2, -0.15) is 0 Å². The molecule has 0 aliphatic carbocycles. The highest BCUT2D eigenvalue weighted by Crippen LogP contribution is 2.43. The normalized spacial score (nSPS) is 18.9. The van der Waals surface area contributed by atoms with Gasteiger partial charge in [-0.15, -0.1) is 11.3 Å². The fourth-order valence-electron chi connectivity index (χ4n) is 5.40. The van der Waals surface area contributed by atoms with Crippen molar-refractivity contribution >= 4 is 50.1 Å². The first-order chi connectivity index (χ1) is 17.0. The van der Waals surface area contributed by atoms with Crippen LogP contribution in [-0.4, -0.2) is 69.0 Å². The molecule has 35 heavy (non-hydrogen) atoms. The molecular formula is C28H41N5OS. The van der Waals surface area contributed by atoms with Crippen molar-refractivity contribution in [1.29, 1.82) is 0 Å². The number of carbonyl (C=O) groups is 1. The van der Waals surface area contributed by atoms with E-state index in [1.807, 2.05) is 20.9 Å². The minimum absolute atomic E-state index is 0.311. The number of rotatable bonds is 6. The molecule has 1 atom stereocenters. The first kappa shape index (κ1) is 25.9. The summed E-state index contributed by atoms with van der Waals surface area (Å²) in [7, 11) is 4.19. The summed E-state index contributed by atoms with van der Waals surface area (Å²) >= 11 is 1.55.